The van der Waals surface area contributed by atoms with E-state index in [-0.39, 0.29) is 25.2 Å². The van der Waals surface area contributed by atoms with Gasteiger partial charge in [0.1, 0.15) is 5.75 Å². The molecule has 2 aromatic rings. The molecule has 0 amide bonds. The minimum absolute atomic E-state index is 0.0214. The van der Waals surface area contributed by atoms with Crippen LogP contribution in [0.4, 0.5) is 8.78 Å². The van der Waals surface area contributed by atoms with E-state index in [0.29, 0.717) is 5.75 Å². The summed E-state index contributed by atoms with van der Waals surface area (Å²) in [5.41, 5.74) is 0.852. The zero-order valence-corrected chi connectivity index (χ0v) is 15.8. The minimum atomic E-state index is -3.46. The number of hydrogen-bond donors (Lipinski definition) is 1. The molecule has 2 atom stereocenters. The topological polar surface area (TPSA) is 73.2 Å². The Kier molecular flexibility index (Phi) is 5.81. The van der Waals surface area contributed by atoms with E-state index in [2.05, 4.69) is 9.82 Å². The molecule has 148 valence electrons. The molecule has 0 radical (unpaired) electrons. The normalized spacial score (nSPS) is 22.5. The number of ether oxygens (including phenoxy) is 1. The van der Waals surface area contributed by atoms with Crippen molar-refractivity contribution in [3.05, 3.63) is 42.7 Å². The van der Waals surface area contributed by atoms with E-state index in [0.717, 1.165) is 5.69 Å². The van der Waals surface area contributed by atoms with E-state index in [1.54, 1.807) is 23.0 Å². The molecule has 1 heterocycles. The molecule has 0 saturated heterocycles. The fraction of sp³-hybridized carbons (Fsp3) is 0.500. The van der Waals surface area contributed by atoms with Crippen molar-refractivity contribution in [3.8, 4) is 11.4 Å². The number of nitrogens with one attached hydrogen (secondary N) is 1. The van der Waals surface area contributed by atoms with Crippen LogP contribution in [-0.4, -0.2) is 42.5 Å². The highest BCUT2D eigenvalue weighted by Crippen LogP contribution is 2.37. The van der Waals surface area contributed by atoms with E-state index in [1.165, 1.54) is 6.92 Å². The molecule has 9 heteroatoms. The number of halogens is 2. The summed E-state index contributed by atoms with van der Waals surface area (Å²) in [6, 6.07) is 8.37. The van der Waals surface area contributed by atoms with Crippen LogP contribution in [0, 0.1) is 5.92 Å². The summed E-state index contributed by atoms with van der Waals surface area (Å²) in [7, 11) is -3.46. The molecule has 3 rings (SSSR count). The summed E-state index contributed by atoms with van der Waals surface area (Å²) in [4.78, 5) is 0. The van der Waals surface area contributed by atoms with Crippen molar-refractivity contribution in [1.82, 2.24) is 14.5 Å². The Balaban J connectivity index is 1.65. The molecule has 1 aromatic heterocycles. The summed E-state index contributed by atoms with van der Waals surface area (Å²) in [6.45, 7) is 1.54. The number of nitrogens with zero attached hydrogens (tertiary/aromatic N) is 2. The lowest BCUT2D eigenvalue weighted by Gasteiger charge is -2.36. The van der Waals surface area contributed by atoms with Crippen molar-refractivity contribution in [2.24, 2.45) is 5.92 Å². The highest BCUT2D eigenvalue weighted by atomic mass is 32.2. The second-order valence-corrected chi connectivity index (χ2v) is 8.78. The van der Waals surface area contributed by atoms with Crippen molar-refractivity contribution >= 4 is 10.0 Å². The molecule has 1 aliphatic carbocycles. The first-order chi connectivity index (χ1) is 12.8. The van der Waals surface area contributed by atoms with Crippen molar-refractivity contribution in [2.75, 3.05) is 12.4 Å². The lowest BCUT2D eigenvalue weighted by atomic mass is 9.83. The first-order valence-corrected chi connectivity index (χ1v) is 10.5. The first-order valence-electron chi connectivity index (χ1n) is 8.89. The van der Waals surface area contributed by atoms with Gasteiger partial charge >= 0.3 is 0 Å². The number of sulfonamides is 1. The summed E-state index contributed by atoms with van der Waals surface area (Å²) >= 11 is 0. The third-order valence-corrected chi connectivity index (χ3v) is 6.15. The van der Waals surface area contributed by atoms with Gasteiger partial charge in [0.25, 0.3) is 0 Å². The Morgan fingerprint density at radius 1 is 1.33 bits per heavy atom. The molecule has 1 fully saturated rings. The Labute approximate surface area is 157 Å². The lowest BCUT2D eigenvalue weighted by molar-refractivity contribution is -0.0660. The molecule has 1 N–H and O–H groups in total. The van der Waals surface area contributed by atoms with Crippen LogP contribution >= 0.6 is 0 Å². The van der Waals surface area contributed by atoms with Crippen molar-refractivity contribution in [2.45, 2.75) is 38.2 Å². The molecular formula is C18H23F2N3O3S. The van der Waals surface area contributed by atoms with E-state index < -0.39 is 34.3 Å². The average molecular weight is 399 g/mol. The minimum Gasteiger partial charge on any atom is -0.493 e. The summed E-state index contributed by atoms with van der Waals surface area (Å²) in [5, 5.41) is 4.13. The number of alkyl halides is 2. The Hall–Kier alpha value is -2.00. The van der Waals surface area contributed by atoms with Crippen LogP contribution in [0.5, 0.6) is 5.75 Å². The van der Waals surface area contributed by atoms with Gasteiger partial charge < -0.3 is 4.74 Å². The Morgan fingerprint density at radius 3 is 2.70 bits per heavy atom. The second-order valence-electron chi connectivity index (χ2n) is 6.74. The van der Waals surface area contributed by atoms with Crippen LogP contribution in [0.2, 0.25) is 0 Å². The quantitative estimate of drug-likeness (QED) is 0.777. The fourth-order valence-corrected chi connectivity index (χ4v) is 4.13. The Bertz CT molecular complexity index is 839. The van der Waals surface area contributed by atoms with Crippen LogP contribution in [0.1, 0.15) is 26.2 Å². The summed E-state index contributed by atoms with van der Waals surface area (Å²) in [5.74, 6) is -2.94. The zero-order valence-electron chi connectivity index (χ0n) is 15.0. The molecule has 1 saturated carbocycles. The van der Waals surface area contributed by atoms with Gasteiger partial charge in [-0.25, -0.2) is 26.6 Å². The van der Waals surface area contributed by atoms with Crippen LogP contribution in [-0.2, 0) is 10.0 Å². The maximum atomic E-state index is 13.8. The highest BCUT2D eigenvalue weighted by Gasteiger charge is 2.42. The molecular weight excluding hydrogens is 376 g/mol. The van der Waals surface area contributed by atoms with Crippen molar-refractivity contribution < 1.29 is 21.9 Å². The number of rotatable bonds is 7. The SMILES string of the molecule is CCS(=O)(=O)N[C@@H]1CCC(F)(F)C[C@@H]1COc1ccc(-n2cccn2)cc1. The lowest BCUT2D eigenvalue weighted by Crippen LogP contribution is -2.48. The van der Waals surface area contributed by atoms with Gasteiger partial charge in [0.2, 0.25) is 15.9 Å². The molecule has 0 unspecified atom stereocenters. The standard InChI is InChI=1S/C18H23F2N3O3S/c1-2-27(24,25)22-17-8-9-18(19,20)12-14(17)13-26-16-6-4-15(5-7-16)23-11-3-10-21-23/h3-7,10-11,14,17,22H,2,8-9,12-13H2,1H3/t14-,17-/m1/s1. The molecule has 27 heavy (non-hydrogen) atoms. The average Bonchev–Trinajstić information content (AvgIpc) is 3.17. The highest BCUT2D eigenvalue weighted by molar-refractivity contribution is 7.89. The predicted octanol–water partition coefficient (Wildman–Crippen LogP) is 2.99. The number of hydrogen-bond acceptors (Lipinski definition) is 4. The van der Waals surface area contributed by atoms with Gasteiger partial charge in [-0.1, -0.05) is 0 Å². The van der Waals surface area contributed by atoms with Crippen LogP contribution in [0.25, 0.3) is 5.69 Å². The van der Waals surface area contributed by atoms with Crippen molar-refractivity contribution in [3.63, 3.8) is 0 Å². The summed E-state index contributed by atoms with van der Waals surface area (Å²) < 4.78 is 61.3. The van der Waals surface area contributed by atoms with Crippen LogP contribution in [0.3, 0.4) is 0 Å². The second kappa shape index (κ2) is 7.93. The number of aromatic nitrogens is 2. The van der Waals surface area contributed by atoms with Crippen LogP contribution in [0.15, 0.2) is 42.7 Å². The smallest absolute Gasteiger partial charge is 0.248 e. The first kappa shape index (κ1) is 19.8. The molecule has 6 nitrogen and oxygen atoms in total. The van der Waals surface area contributed by atoms with Gasteiger partial charge in [0.15, 0.2) is 0 Å². The molecule has 0 aliphatic heterocycles. The van der Waals surface area contributed by atoms with E-state index in [4.69, 9.17) is 4.74 Å². The molecule has 0 spiro atoms. The van der Waals surface area contributed by atoms with Gasteiger partial charge in [-0.15, -0.1) is 0 Å². The van der Waals surface area contributed by atoms with Crippen molar-refractivity contribution in [1.29, 1.82) is 0 Å². The molecule has 1 aliphatic rings. The fourth-order valence-electron chi connectivity index (χ4n) is 3.19. The monoisotopic (exact) mass is 399 g/mol. The molecule has 0 bridgehead atoms. The van der Waals surface area contributed by atoms with E-state index >= 15 is 0 Å². The van der Waals surface area contributed by atoms with Crippen LogP contribution < -0.4 is 9.46 Å². The Morgan fingerprint density at radius 2 is 2.07 bits per heavy atom. The van der Waals surface area contributed by atoms with Gasteiger partial charge in [-0.3, -0.25) is 0 Å². The maximum Gasteiger partial charge on any atom is 0.248 e. The summed E-state index contributed by atoms with van der Waals surface area (Å²) in [6.07, 6.45) is 2.86. The third kappa shape index (κ3) is 5.26. The third-order valence-electron chi connectivity index (χ3n) is 4.73. The molecule has 1 aromatic carbocycles. The van der Waals surface area contributed by atoms with Gasteiger partial charge in [-0.2, -0.15) is 5.10 Å². The zero-order chi connectivity index (χ0) is 19.5. The van der Waals surface area contributed by atoms with E-state index in [9.17, 15) is 17.2 Å². The predicted molar refractivity (Wildman–Crippen MR) is 97.7 cm³/mol. The van der Waals surface area contributed by atoms with Gasteiger partial charge in [0, 0.05) is 37.2 Å². The number of benzene rings is 1. The van der Waals surface area contributed by atoms with Gasteiger partial charge in [-0.05, 0) is 43.7 Å². The van der Waals surface area contributed by atoms with E-state index in [1.807, 2.05) is 24.4 Å². The van der Waals surface area contributed by atoms with Gasteiger partial charge in [0.05, 0.1) is 18.0 Å². The largest absolute Gasteiger partial charge is 0.493 e. The maximum absolute atomic E-state index is 13.8.